The van der Waals surface area contributed by atoms with Crippen LogP contribution in [0.2, 0.25) is 0 Å². The number of hydrogen-bond acceptors (Lipinski definition) is 4. The van der Waals surface area contributed by atoms with Crippen LogP contribution >= 0.6 is 15.9 Å². The molecule has 0 bridgehead atoms. The third-order valence-electron chi connectivity index (χ3n) is 3.62. The maximum absolute atomic E-state index is 11.5. The fourth-order valence-corrected chi connectivity index (χ4v) is 2.85. The highest BCUT2D eigenvalue weighted by atomic mass is 79.9. The van der Waals surface area contributed by atoms with E-state index in [1.54, 1.807) is 0 Å². The molecule has 1 heterocycles. The van der Waals surface area contributed by atoms with Gasteiger partial charge < -0.3 is 14.8 Å². The first-order valence-electron chi connectivity index (χ1n) is 7.09. The molecule has 1 aliphatic rings. The van der Waals surface area contributed by atoms with Crippen LogP contribution in [-0.4, -0.2) is 31.8 Å². The summed E-state index contributed by atoms with van der Waals surface area (Å²) < 4.78 is 11.9. The van der Waals surface area contributed by atoms with E-state index in [1.165, 1.54) is 7.11 Å². The second kappa shape index (κ2) is 6.36. The van der Waals surface area contributed by atoms with E-state index in [0.29, 0.717) is 13.0 Å². The van der Waals surface area contributed by atoms with E-state index in [2.05, 4.69) is 48.1 Å². The summed E-state index contributed by atoms with van der Waals surface area (Å²) in [4.78, 5) is 11.5. The average Bonchev–Trinajstić information content (AvgIpc) is 2.87. The zero-order valence-electron chi connectivity index (χ0n) is 12.9. The van der Waals surface area contributed by atoms with Crippen molar-refractivity contribution in [3.8, 4) is 5.75 Å². The van der Waals surface area contributed by atoms with Crippen molar-refractivity contribution in [3.05, 3.63) is 28.2 Å². The third-order valence-corrected chi connectivity index (χ3v) is 4.11. The van der Waals surface area contributed by atoms with Gasteiger partial charge in [-0.15, -0.1) is 0 Å². The molecule has 0 saturated carbocycles. The maximum Gasteiger partial charge on any atom is 0.323 e. The van der Waals surface area contributed by atoms with E-state index in [4.69, 9.17) is 9.47 Å². The van der Waals surface area contributed by atoms with Gasteiger partial charge in [0.25, 0.3) is 0 Å². The summed E-state index contributed by atoms with van der Waals surface area (Å²) in [7, 11) is 1.41. The van der Waals surface area contributed by atoms with Gasteiger partial charge in [0.2, 0.25) is 0 Å². The molecule has 2 unspecified atom stereocenters. The minimum atomic E-state index is -0.270. The van der Waals surface area contributed by atoms with Gasteiger partial charge in [-0.25, -0.2) is 0 Å². The number of rotatable bonds is 3. The molecule has 0 aliphatic carbocycles. The zero-order valence-corrected chi connectivity index (χ0v) is 14.5. The molecule has 5 heteroatoms. The van der Waals surface area contributed by atoms with E-state index < -0.39 is 0 Å². The summed E-state index contributed by atoms with van der Waals surface area (Å²) in [6, 6.07) is 5.78. The fourth-order valence-electron chi connectivity index (χ4n) is 2.49. The summed E-state index contributed by atoms with van der Waals surface area (Å²) in [5.41, 5.74) is 1.14. The van der Waals surface area contributed by atoms with Crippen molar-refractivity contribution in [2.24, 2.45) is 0 Å². The minimum Gasteiger partial charge on any atom is -0.489 e. The summed E-state index contributed by atoms with van der Waals surface area (Å²) >= 11 is 3.51. The van der Waals surface area contributed by atoms with Crippen LogP contribution in [0.4, 0.5) is 0 Å². The molecule has 1 N–H and O–H groups in total. The highest BCUT2D eigenvalue weighted by Gasteiger charge is 2.32. The standard InChI is InChI=1S/C16H22BrNO3/c1-16(2,3)12-7-10(17)5-6-14(12)21-11-8-13(18-9-11)15(19)20-4/h5-7,11,13,18H,8-9H2,1-4H3. The summed E-state index contributed by atoms with van der Waals surface area (Å²) in [6.07, 6.45) is 0.614. The van der Waals surface area contributed by atoms with Crippen molar-refractivity contribution in [2.75, 3.05) is 13.7 Å². The van der Waals surface area contributed by atoms with Gasteiger partial charge in [-0.1, -0.05) is 36.7 Å². The molecular formula is C16H22BrNO3. The molecule has 1 aromatic rings. The van der Waals surface area contributed by atoms with Gasteiger partial charge in [-0.05, 0) is 23.6 Å². The van der Waals surface area contributed by atoms with Gasteiger partial charge in [-0.3, -0.25) is 4.79 Å². The molecule has 1 aromatic carbocycles. The largest absolute Gasteiger partial charge is 0.489 e. The molecule has 0 radical (unpaired) electrons. The predicted molar refractivity (Wildman–Crippen MR) is 85.7 cm³/mol. The topological polar surface area (TPSA) is 47.6 Å². The molecule has 2 rings (SSSR count). The normalized spacial score (nSPS) is 22.1. The number of halogens is 1. The second-order valence-electron chi connectivity index (χ2n) is 6.35. The average molecular weight is 356 g/mol. The van der Waals surface area contributed by atoms with Crippen LogP contribution < -0.4 is 10.1 Å². The number of carbonyl (C=O) groups excluding carboxylic acids is 1. The lowest BCUT2D eigenvalue weighted by atomic mass is 9.86. The highest BCUT2D eigenvalue weighted by molar-refractivity contribution is 9.10. The number of nitrogens with one attached hydrogen (secondary N) is 1. The minimum absolute atomic E-state index is 0.00705. The summed E-state index contributed by atoms with van der Waals surface area (Å²) in [6.45, 7) is 7.13. The quantitative estimate of drug-likeness (QED) is 0.846. The van der Waals surface area contributed by atoms with Gasteiger partial charge in [0.05, 0.1) is 7.11 Å². The predicted octanol–water partition coefficient (Wildman–Crippen LogP) is 3.03. The Bertz CT molecular complexity index is 525. The van der Waals surface area contributed by atoms with E-state index >= 15 is 0 Å². The van der Waals surface area contributed by atoms with E-state index in [0.717, 1.165) is 15.8 Å². The Hall–Kier alpha value is -1.07. The molecule has 1 saturated heterocycles. The van der Waals surface area contributed by atoms with Gasteiger partial charge in [0.15, 0.2) is 0 Å². The van der Waals surface area contributed by atoms with Crippen LogP contribution in [0.15, 0.2) is 22.7 Å². The van der Waals surface area contributed by atoms with Crippen LogP contribution in [0.5, 0.6) is 5.75 Å². The Morgan fingerprint density at radius 1 is 1.38 bits per heavy atom. The SMILES string of the molecule is COC(=O)C1CC(Oc2ccc(Br)cc2C(C)(C)C)CN1. The molecular weight excluding hydrogens is 334 g/mol. The Labute approximate surface area is 134 Å². The highest BCUT2D eigenvalue weighted by Crippen LogP contribution is 2.34. The lowest BCUT2D eigenvalue weighted by Gasteiger charge is -2.25. The lowest BCUT2D eigenvalue weighted by molar-refractivity contribution is -0.142. The maximum atomic E-state index is 11.5. The number of benzene rings is 1. The lowest BCUT2D eigenvalue weighted by Crippen LogP contribution is -2.31. The summed E-state index contributed by atoms with van der Waals surface area (Å²) in [5, 5.41) is 3.14. The van der Waals surface area contributed by atoms with Crippen molar-refractivity contribution in [1.82, 2.24) is 5.32 Å². The zero-order chi connectivity index (χ0) is 15.6. The first kappa shape index (κ1) is 16.3. The molecule has 0 spiro atoms. The van der Waals surface area contributed by atoms with Gasteiger partial charge >= 0.3 is 5.97 Å². The van der Waals surface area contributed by atoms with E-state index in [-0.39, 0.29) is 23.5 Å². The van der Waals surface area contributed by atoms with Crippen molar-refractivity contribution < 1.29 is 14.3 Å². The Kier molecular flexibility index (Phi) is 4.94. The molecule has 0 amide bonds. The number of methoxy groups -OCH3 is 1. The van der Waals surface area contributed by atoms with Crippen molar-refractivity contribution in [2.45, 2.75) is 44.8 Å². The fraction of sp³-hybridized carbons (Fsp3) is 0.562. The van der Waals surface area contributed by atoms with E-state index in [9.17, 15) is 4.79 Å². The Morgan fingerprint density at radius 2 is 2.10 bits per heavy atom. The van der Waals surface area contributed by atoms with Gasteiger partial charge in [0, 0.05) is 23.0 Å². The van der Waals surface area contributed by atoms with Crippen LogP contribution in [0.3, 0.4) is 0 Å². The number of carbonyl (C=O) groups is 1. The van der Waals surface area contributed by atoms with Crippen molar-refractivity contribution >= 4 is 21.9 Å². The van der Waals surface area contributed by atoms with Crippen LogP contribution in [0.25, 0.3) is 0 Å². The smallest absolute Gasteiger partial charge is 0.323 e. The third kappa shape index (κ3) is 3.98. The Balaban J connectivity index is 2.12. The molecule has 1 fully saturated rings. The second-order valence-corrected chi connectivity index (χ2v) is 7.27. The molecule has 21 heavy (non-hydrogen) atoms. The molecule has 4 nitrogen and oxygen atoms in total. The summed E-state index contributed by atoms with van der Waals surface area (Å²) in [5.74, 6) is 0.649. The van der Waals surface area contributed by atoms with Gasteiger partial charge in [-0.2, -0.15) is 0 Å². The van der Waals surface area contributed by atoms with Crippen molar-refractivity contribution in [1.29, 1.82) is 0 Å². The molecule has 1 aliphatic heterocycles. The van der Waals surface area contributed by atoms with Crippen LogP contribution in [0, 0.1) is 0 Å². The number of hydrogen-bond donors (Lipinski definition) is 1. The number of ether oxygens (including phenoxy) is 2. The van der Waals surface area contributed by atoms with Crippen LogP contribution in [0.1, 0.15) is 32.8 Å². The van der Waals surface area contributed by atoms with E-state index in [1.807, 2.05) is 12.1 Å². The van der Waals surface area contributed by atoms with Crippen LogP contribution in [-0.2, 0) is 14.9 Å². The molecule has 116 valence electrons. The Morgan fingerprint density at radius 3 is 2.71 bits per heavy atom. The monoisotopic (exact) mass is 355 g/mol. The van der Waals surface area contributed by atoms with Crippen molar-refractivity contribution in [3.63, 3.8) is 0 Å². The molecule has 2 atom stereocenters. The first-order chi connectivity index (χ1) is 9.81. The first-order valence-corrected chi connectivity index (χ1v) is 7.88. The number of esters is 1. The van der Waals surface area contributed by atoms with Gasteiger partial charge in [0.1, 0.15) is 17.9 Å². The molecule has 0 aromatic heterocycles.